The molecule has 50 valence electrons. The second-order valence-corrected chi connectivity index (χ2v) is 3.77. The van der Waals surface area contributed by atoms with Crippen LogP contribution in [-0.2, 0) is 4.57 Å². The van der Waals surface area contributed by atoms with E-state index in [2.05, 4.69) is 0 Å². The molecule has 3 nitrogen and oxygen atoms in total. The third kappa shape index (κ3) is 12.2. The summed E-state index contributed by atoms with van der Waals surface area (Å²) >= 11 is 0. The summed E-state index contributed by atoms with van der Waals surface area (Å²) in [7, 11) is -4.22. The number of rotatable bonds is 2. The van der Waals surface area contributed by atoms with Crippen LogP contribution in [0.4, 0.5) is 0 Å². The zero-order chi connectivity index (χ0) is 6.78. The minimum Gasteiger partial charge on any atom is -0.811 e. The van der Waals surface area contributed by atoms with Crippen LogP contribution in [0.15, 0.2) is 0 Å². The van der Waals surface area contributed by atoms with Crippen LogP contribution in [-0.4, -0.2) is 29.2 Å². The Hall–Kier alpha value is 0.916. The van der Waals surface area contributed by atoms with Gasteiger partial charge in [0.25, 0.3) is 0 Å². The first-order valence-electron chi connectivity index (χ1n) is 2.43. The van der Waals surface area contributed by atoms with Gasteiger partial charge in [-0.15, -0.1) is 0 Å². The van der Waals surface area contributed by atoms with Gasteiger partial charge in [-0.2, -0.15) is 0 Å². The van der Waals surface area contributed by atoms with E-state index in [4.69, 9.17) is 0 Å². The van der Waals surface area contributed by atoms with Gasteiger partial charge in [-0.1, -0.05) is 21.4 Å². The maximum atomic E-state index is 9.91. The molecule has 0 heterocycles. The Bertz CT molecular complexity index is 108. The zero-order valence-electron chi connectivity index (χ0n) is 5.66. The van der Waals surface area contributed by atoms with Gasteiger partial charge >= 0.3 is 23.1 Å². The second-order valence-electron chi connectivity index (χ2n) is 2.19. The summed E-state index contributed by atoms with van der Waals surface area (Å²) in [5.74, 6) is -0.0455. The van der Waals surface area contributed by atoms with E-state index >= 15 is 0 Å². The Morgan fingerprint density at radius 1 is 1.44 bits per heavy atom. The van der Waals surface area contributed by atoms with Crippen molar-refractivity contribution in [3.05, 3.63) is 0 Å². The Balaban J connectivity index is 0. The van der Waals surface area contributed by atoms with E-state index in [1.165, 1.54) is 0 Å². The smallest absolute Gasteiger partial charge is 0.811 e. The van der Waals surface area contributed by atoms with Crippen molar-refractivity contribution in [2.24, 2.45) is 5.92 Å². The fourth-order valence-electron chi connectivity index (χ4n) is 0.447. The van der Waals surface area contributed by atoms with Gasteiger partial charge in [0.05, 0.1) is 0 Å². The Kier molecular flexibility index (Phi) is 6.55. The van der Waals surface area contributed by atoms with E-state index in [9.17, 15) is 14.4 Å². The molecule has 0 aromatic carbocycles. The Morgan fingerprint density at radius 3 is 1.78 bits per heavy atom. The molecule has 0 atom stereocenters. The van der Waals surface area contributed by atoms with Gasteiger partial charge in [0.15, 0.2) is 0 Å². The van der Waals surface area contributed by atoms with Crippen molar-refractivity contribution < 1.29 is 14.4 Å². The van der Waals surface area contributed by atoms with Crippen LogP contribution in [0, 0.1) is 5.92 Å². The predicted molar refractivity (Wildman–Crippen MR) is 33.1 cm³/mol. The number of hydrogen-bond donors (Lipinski definition) is 0. The summed E-state index contributed by atoms with van der Waals surface area (Å²) in [5, 5.41) is 0. The minimum atomic E-state index is -4.22. The molecule has 0 aliphatic carbocycles. The topological polar surface area (TPSA) is 63.2 Å². The summed E-state index contributed by atoms with van der Waals surface area (Å²) in [6.45, 7) is 3.39. The molecule has 0 bridgehead atoms. The van der Waals surface area contributed by atoms with Gasteiger partial charge < -0.3 is 14.4 Å². The average molecular weight is 160 g/mol. The van der Waals surface area contributed by atoms with Crippen LogP contribution in [0.5, 0.6) is 0 Å². The molecule has 9 heavy (non-hydrogen) atoms. The predicted octanol–water partition coefficient (Wildman–Crippen LogP) is -0.825. The van der Waals surface area contributed by atoms with Crippen LogP contribution in [0.1, 0.15) is 13.8 Å². The molecule has 0 saturated heterocycles. The molecule has 0 aliphatic rings. The summed E-state index contributed by atoms with van der Waals surface area (Å²) in [4.78, 5) is 19.8. The largest absolute Gasteiger partial charge is 2.00 e. The fourth-order valence-corrected chi connectivity index (χ4v) is 1.34. The zero-order valence-corrected chi connectivity index (χ0v) is 7.97. The summed E-state index contributed by atoms with van der Waals surface area (Å²) in [6, 6.07) is 0. The molecule has 0 aromatic rings. The summed E-state index contributed by atoms with van der Waals surface area (Å²) in [5.41, 5.74) is 0. The standard InChI is InChI=1S/C4H11O3P.Mg/c1-4(2)3-8(5,6)7;/h4H,3H2,1-2H3,(H2,5,6,7);/q;+2/p-2. The number of hydrogen-bond acceptors (Lipinski definition) is 3. The monoisotopic (exact) mass is 160 g/mol. The maximum absolute atomic E-state index is 9.91. The van der Waals surface area contributed by atoms with Crippen molar-refractivity contribution in [2.45, 2.75) is 13.8 Å². The molecule has 0 spiro atoms. The average Bonchev–Trinajstić information content (AvgIpc) is 1.21. The maximum Gasteiger partial charge on any atom is 2.00 e. The van der Waals surface area contributed by atoms with E-state index in [0.717, 1.165) is 0 Å². The van der Waals surface area contributed by atoms with Crippen LogP contribution in [0.25, 0.3) is 0 Å². The molecule has 0 amide bonds. The van der Waals surface area contributed by atoms with Crippen molar-refractivity contribution in [2.75, 3.05) is 6.16 Å². The van der Waals surface area contributed by atoms with E-state index in [-0.39, 0.29) is 35.1 Å². The molecule has 5 heteroatoms. The molecule has 0 N–H and O–H groups in total. The van der Waals surface area contributed by atoms with E-state index in [0.29, 0.717) is 0 Å². The summed E-state index contributed by atoms with van der Waals surface area (Å²) in [6.07, 6.45) is -0.229. The minimum absolute atomic E-state index is 0. The van der Waals surface area contributed by atoms with Gasteiger partial charge in [0.2, 0.25) is 0 Å². The van der Waals surface area contributed by atoms with Crippen LogP contribution in [0.3, 0.4) is 0 Å². The quantitative estimate of drug-likeness (QED) is 0.391. The first-order valence-corrected chi connectivity index (χ1v) is 4.15. The van der Waals surface area contributed by atoms with Gasteiger partial charge in [0, 0.05) is 0 Å². The third-order valence-electron chi connectivity index (χ3n) is 0.589. The Morgan fingerprint density at radius 2 is 1.78 bits per heavy atom. The van der Waals surface area contributed by atoms with Gasteiger partial charge in [-0.3, -0.25) is 0 Å². The van der Waals surface area contributed by atoms with E-state index in [1.54, 1.807) is 13.8 Å². The van der Waals surface area contributed by atoms with Crippen molar-refractivity contribution in [1.29, 1.82) is 0 Å². The molecule has 0 radical (unpaired) electrons. The van der Waals surface area contributed by atoms with Gasteiger partial charge in [0.1, 0.15) is 0 Å². The van der Waals surface area contributed by atoms with Crippen molar-refractivity contribution in [3.8, 4) is 0 Å². The van der Waals surface area contributed by atoms with Crippen LogP contribution >= 0.6 is 7.60 Å². The van der Waals surface area contributed by atoms with Crippen LogP contribution < -0.4 is 9.79 Å². The first kappa shape index (κ1) is 12.6. The first-order chi connectivity index (χ1) is 3.42. The second kappa shape index (κ2) is 4.69. The molecule has 0 fully saturated rings. The summed E-state index contributed by atoms with van der Waals surface area (Å²) < 4.78 is 9.91. The molecule has 0 aromatic heterocycles. The van der Waals surface area contributed by atoms with Gasteiger partial charge in [-0.25, -0.2) is 0 Å². The normalized spacial score (nSPS) is 11.2. The van der Waals surface area contributed by atoms with Crippen molar-refractivity contribution >= 4 is 30.6 Å². The molecule has 0 aliphatic heterocycles. The third-order valence-corrected chi connectivity index (χ3v) is 1.77. The van der Waals surface area contributed by atoms with Crippen LogP contribution in [0.2, 0.25) is 0 Å². The van der Waals surface area contributed by atoms with E-state index < -0.39 is 7.60 Å². The van der Waals surface area contributed by atoms with Gasteiger partial charge in [-0.05, 0) is 12.1 Å². The van der Waals surface area contributed by atoms with Crippen molar-refractivity contribution in [1.82, 2.24) is 0 Å². The molecule has 0 saturated carbocycles. The molecule has 0 rings (SSSR count). The SMILES string of the molecule is CC(C)CP(=O)([O-])[O-].[Mg+2]. The molecular weight excluding hydrogens is 151 g/mol. The molecular formula is C4H9MgO3P. The Labute approximate surface area is 71.2 Å². The van der Waals surface area contributed by atoms with Crippen molar-refractivity contribution in [3.63, 3.8) is 0 Å². The molecule has 0 unspecified atom stereocenters. The fraction of sp³-hybridized carbons (Fsp3) is 1.00. The van der Waals surface area contributed by atoms with E-state index in [1.807, 2.05) is 0 Å².